The van der Waals surface area contributed by atoms with Crippen LogP contribution in [-0.4, -0.2) is 28.0 Å². The van der Waals surface area contributed by atoms with Gasteiger partial charge in [0.05, 0.1) is 24.2 Å². The fourth-order valence-electron chi connectivity index (χ4n) is 1.78. The Labute approximate surface area is 147 Å². The Balaban J connectivity index is 1.99. The zero-order valence-electron chi connectivity index (χ0n) is 12.5. The Morgan fingerprint density at radius 3 is 2.46 bits per heavy atom. The zero-order chi connectivity index (χ0) is 17.7. The first-order chi connectivity index (χ1) is 11.3. The molecule has 0 aromatic heterocycles. The molecule has 0 saturated carbocycles. The summed E-state index contributed by atoms with van der Waals surface area (Å²) in [6, 6.07) is 9.81. The fourth-order valence-corrected chi connectivity index (χ4v) is 3.10. The number of halogens is 2. The summed E-state index contributed by atoms with van der Waals surface area (Å²) in [6.45, 7) is -0.524. The molecule has 9 heteroatoms. The summed E-state index contributed by atoms with van der Waals surface area (Å²) in [5.41, 5.74) is -0.0353. The second-order valence-corrected chi connectivity index (χ2v) is 7.36. The van der Waals surface area contributed by atoms with Gasteiger partial charge in [0.25, 0.3) is 0 Å². The van der Waals surface area contributed by atoms with Gasteiger partial charge in [-0.2, -0.15) is 0 Å². The van der Waals surface area contributed by atoms with Crippen LogP contribution in [0.2, 0.25) is 0 Å². The number of anilines is 1. The SMILES string of the molecule is COc1ccc(S(=O)(=O)NCC(=O)Nc2ccc(Br)cc2F)cc1. The maximum absolute atomic E-state index is 13.6. The summed E-state index contributed by atoms with van der Waals surface area (Å²) in [6.07, 6.45) is 0. The van der Waals surface area contributed by atoms with Gasteiger partial charge in [0.2, 0.25) is 15.9 Å². The highest BCUT2D eigenvalue weighted by atomic mass is 79.9. The number of sulfonamides is 1. The normalized spacial score (nSPS) is 11.1. The van der Waals surface area contributed by atoms with Crippen molar-refractivity contribution in [2.75, 3.05) is 19.0 Å². The molecular weight excluding hydrogens is 403 g/mol. The van der Waals surface area contributed by atoms with Crippen molar-refractivity contribution in [2.45, 2.75) is 4.90 Å². The average Bonchev–Trinajstić information content (AvgIpc) is 2.56. The zero-order valence-corrected chi connectivity index (χ0v) is 14.9. The lowest BCUT2D eigenvalue weighted by Gasteiger charge is -2.09. The largest absolute Gasteiger partial charge is 0.497 e. The molecule has 0 unspecified atom stereocenters. The minimum atomic E-state index is -3.86. The summed E-state index contributed by atoms with van der Waals surface area (Å²) in [5, 5.41) is 2.30. The number of carbonyl (C=O) groups excluding carboxylic acids is 1. The maximum Gasteiger partial charge on any atom is 0.241 e. The molecule has 24 heavy (non-hydrogen) atoms. The molecule has 2 aromatic carbocycles. The highest BCUT2D eigenvalue weighted by Crippen LogP contribution is 2.19. The van der Waals surface area contributed by atoms with E-state index in [1.165, 1.54) is 43.5 Å². The van der Waals surface area contributed by atoms with Crippen LogP contribution in [-0.2, 0) is 14.8 Å². The number of hydrogen-bond acceptors (Lipinski definition) is 4. The third kappa shape index (κ3) is 4.76. The molecule has 2 aromatic rings. The summed E-state index contributed by atoms with van der Waals surface area (Å²) >= 11 is 3.10. The number of amides is 1. The molecular formula is C15H14BrFN2O4S. The van der Waals surface area contributed by atoms with E-state index in [-0.39, 0.29) is 10.6 Å². The van der Waals surface area contributed by atoms with Gasteiger partial charge in [0.15, 0.2) is 0 Å². The summed E-state index contributed by atoms with van der Waals surface area (Å²) in [5.74, 6) is -0.804. The molecule has 2 rings (SSSR count). The van der Waals surface area contributed by atoms with Gasteiger partial charge >= 0.3 is 0 Å². The van der Waals surface area contributed by atoms with Crippen LogP contribution in [0.3, 0.4) is 0 Å². The van der Waals surface area contributed by atoms with E-state index in [4.69, 9.17) is 4.74 Å². The van der Waals surface area contributed by atoms with Gasteiger partial charge in [-0.15, -0.1) is 0 Å². The second kappa shape index (κ2) is 7.73. The van der Waals surface area contributed by atoms with E-state index >= 15 is 0 Å². The van der Waals surface area contributed by atoms with E-state index in [0.717, 1.165) is 0 Å². The number of nitrogens with one attached hydrogen (secondary N) is 2. The van der Waals surface area contributed by atoms with Crippen molar-refractivity contribution in [1.82, 2.24) is 4.72 Å². The summed E-state index contributed by atoms with van der Waals surface area (Å²) < 4.78 is 45.4. The number of rotatable bonds is 6. The Hall–Kier alpha value is -1.97. The molecule has 6 nitrogen and oxygen atoms in total. The van der Waals surface area contributed by atoms with E-state index in [2.05, 4.69) is 26.0 Å². The molecule has 0 aliphatic heterocycles. The van der Waals surface area contributed by atoms with Crippen molar-refractivity contribution >= 4 is 37.5 Å². The smallest absolute Gasteiger partial charge is 0.241 e. The van der Waals surface area contributed by atoms with Crippen molar-refractivity contribution < 1.29 is 22.3 Å². The van der Waals surface area contributed by atoms with E-state index in [9.17, 15) is 17.6 Å². The minimum Gasteiger partial charge on any atom is -0.497 e. The molecule has 2 N–H and O–H groups in total. The third-order valence-corrected chi connectivity index (χ3v) is 4.91. The number of hydrogen-bond donors (Lipinski definition) is 2. The predicted octanol–water partition coefficient (Wildman–Crippen LogP) is 2.51. The molecule has 0 fully saturated rings. The van der Waals surface area contributed by atoms with Gasteiger partial charge in [-0.3, -0.25) is 4.79 Å². The van der Waals surface area contributed by atoms with Gasteiger partial charge in [-0.25, -0.2) is 17.5 Å². The van der Waals surface area contributed by atoms with E-state index < -0.39 is 28.3 Å². The molecule has 0 saturated heterocycles. The monoisotopic (exact) mass is 416 g/mol. The van der Waals surface area contributed by atoms with Crippen LogP contribution in [0, 0.1) is 5.82 Å². The van der Waals surface area contributed by atoms with Gasteiger partial charge in [-0.05, 0) is 42.5 Å². The molecule has 0 bridgehead atoms. The van der Waals surface area contributed by atoms with Crippen molar-refractivity contribution in [3.05, 3.63) is 52.8 Å². The molecule has 0 atom stereocenters. The van der Waals surface area contributed by atoms with Crippen LogP contribution in [0.1, 0.15) is 0 Å². The molecule has 0 radical (unpaired) electrons. The van der Waals surface area contributed by atoms with Crippen LogP contribution in [0.25, 0.3) is 0 Å². The minimum absolute atomic E-state index is 0.00841. The molecule has 0 spiro atoms. The van der Waals surface area contributed by atoms with E-state index in [0.29, 0.717) is 10.2 Å². The first-order valence-corrected chi connectivity index (χ1v) is 8.98. The Morgan fingerprint density at radius 1 is 1.21 bits per heavy atom. The maximum atomic E-state index is 13.6. The predicted molar refractivity (Wildman–Crippen MR) is 90.9 cm³/mol. The summed E-state index contributed by atoms with van der Waals surface area (Å²) in [4.78, 5) is 11.8. The fraction of sp³-hybridized carbons (Fsp3) is 0.133. The highest BCUT2D eigenvalue weighted by Gasteiger charge is 2.16. The molecule has 1 amide bonds. The Kier molecular flexibility index (Phi) is 5.92. The quantitative estimate of drug-likeness (QED) is 0.757. The average molecular weight is 417 g/mol. The molecule has 0 aliphatic rings. The van der Waals surface area contributed by atoms with Crippen molar-refractivity contribution in [3.8, 4) is 5.75 Å². The van der Waals surface area contributed by atoms with Gasteiger partial charge in [-0.1, -0.05) is 15.9 Å². The Bertz CT molecular complexity index is 841. The van der Waals surface area contributed by atoms with Gasteiger partial charge in [0, 0.05) is 4.47 Å². The van der Waals surface area contributed by atoms with Crippen LogP contribution in [0.5, 0.6) is 5.75 Å². The molecule has 128 valence electrons. The highest BCUT2D eigenvalue weighted by molar-refractivity contribution is 9.10. The Morgan fingerprint density at radius 2 is 1.88 bits per heavy atom. The van der Waals surface area contributed by atoms with Crippen LogP contribution < -0.4 is 14.8 Å². The van der Waals surface area contributed by atoms with Crippen LogP contribution in [0.4, 0.5) is 10.1 Å². The number of ether oxygens (including phenoxy) is 1. The first kappa shape index (κ1) is 18.4. The lowest BCUT2D eigenvalue weighted by molar-refractivity contribution is -0.115. The lowest BCUT2D eigenvalue weighted by atomic mass is 10.3. The lowest BCUT2D eigenvalue weighted by Crippen LogP contribution is -2.33. The van der Waals surface area contributed by atoms with Crippen LogP contribution >= 0.6 is 15.9 Å². The number of carbonyl (C=O) groups is 1. The molecule has 0 aliphatic carbocycles. The standard InChI is InChI=1S/C15H14BrFN2O4S/c1-23-11-3-5-12(6-4-11)24(21,22)18-9-15(20)19-14-7-2-10(16)8-13(14)17/h2-8,18H,9H2,1H3,(H,19,20). The van der Waals surface area contributed by atoms with Crippen molar-refractivity contribution in [1.29, 1.82) is 0 Å². The van der Waals surface area contributed by atoms with Gasteiger partial charge in [0.1, 0.15) is 11.6 Å². The van der Waals surface area contributed by atoms with E-state index in [1.54, 1.807) is 6.07 Å². The molecule has 0 heterocycles. The number of benzene rings is 2. The number of methoxy groups -OCH3 is 1. The van der Waals surface area contributed by atoms with Gasteiger partial charge < -0.3 is 10.1 Å². The van der Waals surface area contributed by atoms with Crippen molar-refractivity contribution in [3.63, 3.8) is 0 Å². The second-order valence-electron chi connectivity index (χ2n) is 4.67. The first-order valence-electron chi connectivity index (χ1n) is 6.70. The van der Waals surface area contributed by atoms with Crippen molar-refractivity contribution in [2.24, 2.45) is 0 Å². The van der Waals surface area contributed by atoms with Crippen LogP contribution in [0.15, 0.2) is 51.8 Å². The topological polar surface area (TPSA) is 84.5 Å². The van der Waals surface area contributed by atoms with E-state index in [1.807, 2.05) is 0 Å². The summed E-state index contributed by atoms with van der Waals surface area (Å²) in [7, 11) is -2.39. The third-order valence-electron chi connectivity index (χ3n) is 3.00.